The van der Waals surface area contributed by atoms with Crippen molar-refractivity contribution in [1.82, 2.24) is 10.6 Å². The van der Waals surface area contributed by atoms with Crippen molar-refractivity contribution in [3.05, 3.63) is 71.0 Å². The van der Waals surface area contributed by atoms with E-state index in [2.05, 4.69) is 10.6 Å². The highest BCUT2D eigenvalue weighted by atomic mass is 19.2. The van der Waals surface area contributed by atoms with Gasteiger partial charge in [-0.2, -0.15) is 0 Å². The lowest BCUT2D eigenvalue weighted by Gasteiger charge is -2.30. The van der Waals surface area contributed by atoms with Crippen LogP contribution in [0.2, 0.25) is 0 Å². The average molecular weight is 390 g/mol. The van der Waals surface area contributed by atoms with Crippen LogP contribution < -0.4 is 10.6 Å². The van der Waals surface area contributed by atoms with Gasteiger partial charge >= 0.3 is 0 Å². The van der Waals surface area contributed by atoms with Crippen molar-refractivity contribution >= 4 is 11.8 Å². The SMILES string of the molecule is CNC(=O)C(NC(=O)C1(c2cccc(F)c2)CCCC1)c1ccc(F)c(F)c1. The maximum atomic E-state index is 13.8. The zero-order valence-electron chi connectivity index (χ0n) is 15.4. The van der Waals surface area contributed by atoms with Gasteiger partial charge in [-0.05, 0) is 48.2 Å². The van der Waals surface area contributed by atoms with E-state index >= 15 is 0 Å². The van der Waals surface area contributed by atoms with Gasteiger partial charge < -0.3 is 10.6 Å². The van der Waals surface area contributed by atoms with Crippen LogP contribution in [0.4, 0.5) is 13.2 Å². The Balaban J connectivity index is 1.95. The molecule has 0 heterocycles. The molecule has 2 N–H and O–H groups in total. The highest BCUT2D eigenvalue weighted by molar-refractivity contribution is 5.93. The number of hydrogen-bond donors (Lipinski definition) is 2. The summed E-state index contributed by atoms with van der Waals surface area (Å²) in [7, 11) is 1.39. The molecular formula is C21H21F3N2O2. The fourth-order valence-electron chi connectivity index (χ4n) is 3.82. The maximum absolute atomic E-state index is 13.8. The maximum Gasteiger partial charge on any atom is 0.246 e. The monoisotopic (exact) mass is 390 g/mol. The van der Waals surface area contributed by atoms with E-state index < -0.39 is 40.7 Å². The van der Waals surface area contributed by atoms with E-state index in [0.717, 1.165) is 25.0 Å². The van der Waals surface area contributed by atoms with Crippen LogP contribution in [0, 0.1) is 17.5 Å². The van der Waals surface area contributed by atoms with Crippen molar-refractivity contribution in [3.63, 3.8) is 0 Å². The Bertz CT molecular complexity index is 895. The number of rotatable bonds is 5. The van der Waals surface area contributed by atoms with Crippen LogP contribution in [0.15, 0.2) is 42.5 Å². The van der Waals surface area contributed by atoms with Gasteiger partial charge in [0.2, 0.25) is 11.8 Å². The molecule has 0 aromatic heterocycles. The van der Waals surface area contributed by atoms with Gasteiger partial charge in [0.1, 0.15) is 11.9 Å². The second kappa shape index (κ2) is 8.04. The van der Waals surface area contributed by atoms with Gasteiger partial charge in [-0.15, -0.1) is 0 Å². The molecule has 2 aromatic carbocycles. The summed E-state index contributed by atoms with van der Waals surface area (Å²) >= 11 is 0. The first-order chi connectivity index (χ1) is 13.4. The summed E-state index contributed by atoms with van der Waals surface area (Å²) in [5.74, 6) is -3.60. The lowest BCUT2D eigenvalue weighted by atomic mass is 9.77. The molecule has 1 fully saturated rings. The molecule has 4 nitrogen and oxygen atoms in total. The number of halogens is 3. The van der Waals surface area contributed by atoms with Crippen LogP contribution in [0.1, 0.15) is 42.9 Å². The Morgan fingerprint density at radius 3 is 2.32 bits per heavy atom. The number of hydrogen-bond acceptors (Lipinski definition) is 2. The fourth-order valence-corrected chi connectivity index (χ4v) is 3.82. The molecule has 1 aliphatic rings. The molecule has 2 aromatic rings. The normalized spacial score (nSPS) is 16.4. The summed E-state index contributed by atoms with van der Waals surface area (Å²) < 4.78 is 40.7. The number of likely N-dealkylation sites (N-methyl/N-ethyl adjacent to an activating group) is 1. The second-order valence-electron chi connectivity index (χ2n) is 6.99. The standard InChI is InChI=1S/C21H21F3N2O2/c1-25-19(27)18(13-7-8-16(23)17(24)11-13)26-20(28)21(9-2-3-10-21)14-5-4-6-15(22)12-14/h4-8,11-12,18H,2-3,9-10H2,1H3,(H,25,27)(H,26,28). The summed E-state index contributed by atoms with van der Waals surface area (Å²) in [5, 5.41) is 5.09. The third-order valence-corrected chi connectivity index (χ3v) is 5.33. The van der Waals surface area contributed by atoms with E-state index in [4.69, 9.17) is 0 Å². The number of benzene rings is 2. The third-order valence-electron chi connectivity index (χ3n) is 5.33. The minimum atomic E-state index is -1.20. The van der Waals surface area contributed by atoms with Crippen molar-refractivity contribution in [2.24, 2.45) is 0 Å². The van der Waals surface area contributed by atoms with Crippen LogP contribution in [0.3, 0.4) is 0 Å². The molecule has 1 unspecified atom stereocenters. The Kier molecular flexibility index (Phi) is 5.72. The molecule has 1 atom stereocenters. The first-order valence-corrected chi connectivity index (χ1v) is 9.11. The number of carbonyl (C=O) groups excluding carboxylic acids is 2. The smallest absolute Gasteiger partial charge is 0.246 e. The summed E-state index contributed by atoms with van der Waals surface area (Å²) in [6.45, 7) is 0. The molecule has 0 bridgehead atoms. The zero-order valence-corrected chi connectivity index (χ0v) is 15.4. The van der Waals surface area contributed by atoms with Crippen molar-refractivity contribution in [1.29, 1.82) is 0 Å². The van der Waals surface area contributed by atoms with E-state index in [-0.39, 0.29) is 5.56 Å². The van der Waals surface area contributed by atoms with Crippen molar-refractivity contribution in [2.45, 2.75) is 37.1 Å². The molecule has 1 saturated carbocycles. The van der Waals surface area contributed by atoms with Crippen molar-refractivity contribution in [2.75, 3.05) is 7.05 Å². The Labute approximate surface area is 161 Å². The molecule has 0 radical (unpaired) electrons. The highest BCUT2D eigenvalue weighted by Crippen LogP contribution is 2.42. The van der Waals surface area contributed by atoms with Crippen LogP contribution in [0.5, 0.6) is 0 Å². The molecule has 0 aliphatic heterocycles. The first kappa shape index (κ1) is 19.9. The van der Waals surface area contributed by atoms with E-state index in [9.17, 15) is 22.8 Å². The molecule has 7 heteroatoms. The summed E-state index contributed by atoms with van der Waals surface area (Å²) in [6.07, 6.45) is 2.61. The van der Waals surface area contributed by atoms with Gasteiger partial charge in [0.25, 0.3) is 0 Å². The second-order valence-corrected chi connectivity index (χ2v) is 6.99. The van der Waals surface area contributed by atoms with Crippen LogP contribution in [-0.4, -0.2) is 18.9 Å². The predicted molar refractivity (Wildman–Crippen MR) is 97.9 cm³/mol. The summed E-state index contributed by atoms with van der Waals surface area (Å²) in [5.41, 5.74) is -0.296. The molecule has 3 rings (SSSR count). The Hall–Kier alpha value is -2.83. The lowest BCUT2D eigenvalue weighted by Crippen LogP contribution is -2.47. The van der Waals surface area contributed by atoms with Gasteiger partial charge in [-0.25, -0.2) is 13.2 Å². The van der Waals surface area contributed by atoms with Crippen molar-refractivity contribution < 1.29 is 22.8 Å². The predicted octanol–water partition coefficient (Wildman–Crippen LogP) is 3.52. The van der Waals surface area contributed by atoms with E-state index in [0.29, 0.717) is 18.4 Å². The van der Waals surface area contributed by atoms with Gasteiger partial charge in [0.05, 0.1) is 5.41 Å². The van der Waals surface area contributed by atoms with Gasteiger partial charge in [-0.1, -0.05) is 31.0 Å². The van der Waals surface area contributed by atoms with E-state index in [1.807, 2.05) is 0 Å². The quantitative estimate of drug-likeness (QED) is 0.821. The molecular weight excluding hydrogens is 369 g/mol. The van der Waals surface area contributed by atoms with Crippen LogP contribution >= 0.6 is 0 Å². The Morgan fingerprint density at radius 1 is 1.00 bits per heavy atom. The van der Waals surface area contributed by atoms with Gasteiger partial charge in [0, 0.05) is 7.05 Å². The minimum absolute atomic E-state index is 0.124. The number of amides is 2. The molecule has 1 aliphatic carbocycles. The summed E-state index contributed by atoms with van der Waals surface area (Å²) in [6, 6.07) is 7.73. The lowest BCUT2D eigenvalue weighted by molar-refractivity contribution is -0.132. The fraction of sp³-hybridized carbons (Fsp3) is 0.333. The minimum Gasteiger partial charge on any atom is -0.357 e. The zero-order chi connectivity index (χ0) is 20.3. The average Bonchev–Trinajstić information content (AvgIpc) is 3.19. The molecule has 2 amide bonds. The molecule has 0 spiro atoms. The van der Waals surface area contributed by atoms with E-state index in [1.54, 1.807) is 12.1 Å². The van der Waals surface area contributed by atoms with Gasteiger partial charge in [-0.3, -0.25) is 9.59 Å². The van der Waals surface area contributed by atoms with Gasteiger partial charge in [0.15, 0.2) is 11.6 Å². The first-order valence-electron chi connectivity index (χ1n) is 9.11. The molecule has 0 saturated heterocycles. The largest absolute Gasteiger partial charge is 0.357 e. The highest BCUT2D eigenvalue weighted by Gasteiger charge is 2.44. The molecule has 28 heavy (non-hydrogen) atoms. The number of carbonyl (C=O) groups is 2. The molecule has 148 valence electrons. The summed E-state index contributed by atoms with van der Waals surface area (Å²) in [4.78, 5) is 25.6. The third kappa shape index (κ3) is 3.74. The topological polar surface area (TPSA) is 58.2 Å². The Morgan fingerprint density at radius 2 is 1.71 bits per heavy atom. The van der Waals surface area contributed by atoms with Crippen LogP contribution in [-0.2, 0) is 15.0 Å². The number of nitrogens with one attached hydrogen (secondary N) is 2. The van der Waals surface area contributed by atoms with Crippen LogP contribution in [0.25, 0.3) is 0 Å². The van der Waals surface area contributed by atoms with Crippen molar-refractivity contribution in [3.8, 4) is 0 Å². The van der Waals surface area contributed by atoms with E-state index in [1.165, 1.54) is 25.2 Å².